The second-order valence-electron chi connectivity index (χ2n) is 8.37. The van der Waals surface area contributed by atoms with Crippen molar-refractivity contribution < 1.29 is 13.2 Å². The van der Waals surface area contributed by atoms with Crippen molar-refractivity contribution in [2.45, 2.75) is 32.4 Å². The van der Waals surface area contributed by atoms with E-state index in [1.165, 1.54) is 18.2 Å². The van der Waals surface area contributed by atoms with Crippen LogP contribution in [0.25, 0.3) is 33.7 Å². The van der Waals surface area contributed by atoms with Crippen molar-refractivity contribution in [3.8, 4) is 22.6 Å². The van der Waals surface area contributed by atoms with Gasteiger partial charge in [-0.1, -0.05) is 62.2 Å². The third kappa shape index (κ3) is 4.46. The Morgan fingerprint density at radius 2 is 1.69 bits per heavy atom. The fourth-order valence-electron chi connectivity index (χ4n) is 3.56. The van der Waals surface area contributed by atoms with Crippen molar-refractivity contribution in [1.82, 2.24) is 19.7 Å². The van der Waals surface area contributed by atoms with Crippen LogP contribution in [-0.2, 0) is 18.6 Å². The predicted octanol–water partition coefficient (Wildman–Crippen LogP) is 6.87. The summed E-state index contributed by atoms with van der Waals surface area (Å²) in [4.78, 5) is 7.70. The van der Waals surface area contributed by atoms with Crippen LogP contribution in [0.1, 0.15) is 32.0 Å². The first-order valence-corrected chi connectivity index (χ1v) is 10.2. The van der Waals surface area contributed by atoms with E-state index in [1.54, 1.807) is 23.9 Å². The summed E-state index contributed by atoms with van der Waals surface area (Å²) in [5.41, 5.74) is 1.63. The number of nitrogens with one attached hydrogen (secondary N) is 1. The van der Waals surface area contributed by atoms with Gasteiger partial charge in [0, 0.05) is 42.0 Å². The molecule has 2 aromatic carbocycles. The smallest absolute Gasteiger partial charge is 0.337 e. The van der Waals surface area contributed by atoms with E-state index in [1.807, 2.05) is 20.8 Å². The van der Waals surface area contributed by atoms with E-state index in [2.05, 4.69) is 15.1 Å². The molecule has 0 spiro atoms. The molecular weight excluding hydrogens is 471 g/mol. The molecule has 4 rings (SSSR count). The quantitative estimate of drug-likeness (QED) is 0.312. The van der Waals surface area contributed by atoms with Crippen LogP contribution in [-0.4, -0.2) is 49.3 Å². The van der Waals surface area contributed by atoms with E-state index in [9.17, 15) is 13.2 Å². The van der Waals surface area contributed by atoms with Gasteiger partial charge in [0.05, 0.1) is 26.8 Å². The van der Waals surface area contributed by atoms with Crippen molar-refractivity contribution >= 4 is 63.8 Å². The normalized spacial score (nSPS) is 12.3. The number of hydrogen-bond donors (Lipinski definition) is 1. The van der Waals surface area contributed by atoms with Crippen molar-refractivity contribution in [3.63, 3.8) is 0 Å². The summed E-state index contributed by atoms with van der Waals surface area (Å²) in [6.45, 7) is 6.01. The number of aryl methyl sites for hydroxylation is 1. The van der Waals surface area contributed by atoms with Crippen LogP contribution in [0.15, 0.2) is 36.4 Å². The number of nitrogens with zero attached hydrogens (tertiary/aromatic N) is 3. The summed E-state index contributed by atoms with van der Waals surface area (Å²) in [5, 5.41) is 5.22. The molecule has 0 fully saturated rings. The first-order valence-electron chi connectivity index (χ1n) is 9.47. The van der Waals surface area contributed by atoms with Gasteiger partial charge in [-0.15, -0.1) is 0 Å². The molecule has 0 atom stereocenters. The van der Waals surface area contributed by atoms with Crippen LogP contribution in [0.4, 0.5) is 13.2 Å². The number of imidazole rings is 1. The van der Waals surface area contributed by atoms with Crippen LogP contribution in [0.2, 0.25) is 10.0 Å². The Balaban J connectivity index is 0.00000289. The van der Waals surface area contributed by atoms with Gasteiger partial charge in [0.15, 0.2) is 5.82 Å². The van der Waals surface area contributed by atoms with E-state index in [0.717, 1.165) is 11.8 Å². The minimum Gasteiger partial charge on any atom is -0.337 e. The zero-order chi connectivity index (χ0) is 22.7. The van der Waals surface area contributed by atoms with Crippen LogP contribution < -0.4 is 0 Å². The Kier molecular flexibility index (Phi) is 6.82. The predicted molar refractivity (Wildman–Crippen MR) is 123 cm³/mol. The van der Waals surface area contributed by atoms with Gasteiger partial charge in [-0.25, -0.2) is 4.98 Å². The first-order chi connectivity index (χ1) is 14.4. The van der Waals surface area contributed by atoms with Crippen LogP contribution in [0.5, 0.6) is 0 Å². The molecule has 0 saturated carbocycles. The molecule has 163 valence electrons. The molecule has 0 aliphatic carbocycles. The second-order valence-corrected chi connectivity index (χ2v) is 9.15. The molecular formula is C22H19Cl2F3N4Na. The standard InChI is InChI=1S/C22H19Cl2F3N4.Na/c1-21(2,3)19-16(24)18(31(4)30-19)20-28-15-10-11(9-14(23)17(15)29-20)12-7-5-6-8-13(12)22(25,26)27;/h5-10H,1-4H3,(H,28,29);. The fourth-order valence-corrected chi connectivity index (χ4v) is 4.35. The van der Waals surface area contributed by atoms with E-state index in [0.29, 0.717) is 33.1 Å². The average Bonchev–Trinajstić information content (AvgIpc) is 3.21. The number of H-pyrrole nitrogens is 1. The third-order valence-corrected chi connectivity index (χ3v) is 5.65. The van der Waals surface area contributed by atoms with E-state index in [4.69, 9.17) is 23.2 Å². The monoisotopic (exact) mass is 489 g/mol. The number of halogens is 5. The molecule has 0 aliphatic heterocycles. The Hall–Kier alpha value is -1.51. The van der Waals surface area contributed by atoms with Gasteiger partial charge in [-0.05, 0) is 29.3 Å². The zero-order valence-corrected chi connectivity index (χ0v) is 21.7. The molecule has 1 N–H and O–H groups in total. The molecule has 1 radical (unpaired) electrons. The first kappa shape index (κ1) is 25.1. The summed E-state index contributed by atoms with van der Waals surface area (Å²) in [7, 11) is 1.76. The van der Waals surface area contributed by atoms with Gasteiger partial charge in [0.25, 0.3) is 0 Å². The fraction of sp³-hybridized carbons (Fsp3) is 0.273. The Labute approximate surface area is 215 Å². The largest absolute Gasteiger partial charge is 0.417 e. The number of fused-ring (bicyclic) bond motifs is 1. The second kappa shape index (κ2) is 8.69. The van der Waals surface area contributed by atoms with Gasteiger partial charge >= 0.3 is 6.18 Å². The number of hydrogen-bond acceptors (Lipinski definition) is 2. The van der Waals surface area contributed by atoms with Gasteiger partial charge in [-0.2, -0.15) is 18.3 Å². The van der Waals surface area contributed by atoms with Gasteiger partial charge in [0.1, 0.15) is 11.2 Å². The maximum Gasteiger partial charge on any atom is 0.417 e. The zero-order valence-electron chi connectivity index (χ0n) is 18.2. The minimum absolute atomic E-state index is 0. The molecule has 0 saturated heterocycles. The van der Waals surface area contributed by atoms with Gasteiger partial charge in [0.2, 0.25) is 0 Å². The molecule has 10 heteroatoms. The SMILES string of the molecule is Cn1nc(C(C)(C)C)c(Cl)c1-c1nc2c(Cl)cc(-c3ccccc3C(F)(F)F)cc2[nH]1.[Na]. The maximum absolute atomic E-state index is 13.5. The number of alkyl halides is 3. The molecule has 4 nitrogen and oxygen atoms in total. The Bertz CT molecular complexity index is 1300. The van der Waals surface area contributed by atoms with Crippen LogP contribution in [0.3, 0.4) is 0 Å². The molecule has 2 heterocycles. The number of aromatic amines is 1. The molecule has 4 aromatic rings. The molecule has 32 heavy (non-hydrogen) atoms. The van der Waals surface area contributed by atoms with E-state index >= 15 is 0 Å². The maximum atomic E-state index is 13.5. The van der Waals surface area contributed by atoms with Gasteiger partial charge in [-0.3, -0.25) is 4.68 Å². The summed E-state index contributed by atoms with van der Waals surface area (Å²) < 4.78 is 42.1. The van der Waals surface area contributed by atoms with Crippen molar-refractivity contribution in [2.24, 2.45) is 7.05 Å². The van der Waals surface area contributed by atoms with Crippen LogP contribution >= 0.6 is 23.2 Å². The molecule has 0 amide bonds. The summed E-state index contributed by atoms with van der Waals surface area (Å²) in [6.07, 6.45) is -4.48. The molecule has 0 bridgehead atoms. The molecule has 0 unspecified atom stereocenters. The number of aromatic nitrogens is 4. The molecule has 2 aromatic heterocycles. The summed E-state index contributed by atoms with van der Waals surface area (Å²) >= 11 is 13.0. The number of rotatable bonds is 2. The molecule has 0 aliphatic rings. The Morgan fingerprint density at radius 3 is 2.28 bits per heavy atom. The van der Waals surface area contributed by atoms with Crippen molar-refractivity contribution in [1.29, 1.82) is 0 Å². The Morgan fingerprint density at radius 1 is 1.03 bits per heavy atom. The third-order valence-electron chi connectivity index (χ3n) is 5.01. The van der Waals surface area contributed by atoms with Gasteiger partial charge < -0.3 is 4.98 Å². The van der Waals surface area contributed by atoms with Crippen molar-refractivity contribution in [2.75, 3.05) is 0 Å². The van der Waals surface area contributed by atoms with Crippen LogP contribution in [0, 0.1) is 0 Å². The topological polar surface area (TPSA) is 46.5 Å². The summed E-state index contributed by atoms with van der Waals surface area (Å²) in [5.74, 6) is 0.439. The van der Waals surface area contributed by atoms with E-state index in [-0.39, 0.29) is 45.6 Å². The minimum atomic E-state index is -4.48. The summed E-state index contributed by atoms with van der Waals surface area (Å²) in [6, 6.07) is 8.49. The average molecular weight is 490 g/mol. The number of benzene rings is 2. The van der Waals surface area contributed by atoms with E-state index < -0.39 is 11.7 Å². The van der Waals surface area contributed by atoms with Crippen molar-refractivity contribution in [3.05, 3.63) is 57.7 Å².